The van der Waals surface area contributed by atoms with Crippen LogP contribution in [0.2, 0.25) is 0 Å². The number of rotatable bonds is 7. The summed E-state index contributed by atoms with van der Waals surface area (Å²) in [6.45, 7) is 12.6. The molecule has 0 amide bonds. The zero-order valence-corrected chi connectivity index (χ0v) is 27.4. The fraction of sp³-hybridized carbons (Fsp3) is 0.0638. The molecule has 230 valence electrons. The molecule has 7 aromatic rings. The normalized spacial score (nSPS) is 13.2. The first-order valence-corrected chi connectivity index (χ1v) is 16.6. The topological polar surface area (TPSA) is 3.24 Å². The van der Waals surface area contributed by atoms with Crippen molar-refractivity contribution >= 4 is 44.2 Å². The van der Waals surface area contributed by atoms with Crippen molar-refractivity contribution < 1.29 is 0 Å². The van der Waals surface area contributed by atoms with Gasteiger partial charge in [-0.05, 0) is 109 Å². The Labute approximate surface area is 283 Å². The molecule has 1 nitrogen and oxygen atoms in total. The first kappa shape index (κ1) is 29.5. The van der Waals surface area contributed by atoms with Crippen molar-refractivity contribution in [2.24, 2.45) is 0 Å². The Morgan fingerprint density at radius 3 is 1.88 bits per heavy atom. The van der Waals surface area contributed by atoms with E-state index in [2.05, 4.69) is 177 Å². The van der Waals surface area contributed by atoms with E-state index in [9.17, 15) is 0 Å². The van der Waals surface area contributed by atoms with E-state index in [0.717, 1.165) is 28.2 Å². The Kier molecular flexibility index (Phi) is 7.19. The average Bonchev–Trinajstić information content (AvgIpc) is 3.36. The van der Waals surface area contributed by atoms with E-state index >= 15 is 0 Å². The van der Waals surface area contributed by atoms with E-state index in [0.29, 0.717) is 0 Å². The minimum atomic E-state index is -0.0905. The van der Waals surface area contributed by atoms with Crippen LogP contribution in [0.15, 0.2) is 177 Å². The summed E-state index contributed by atoms with van der Waals surface area (Å²) in [5.74, 6) is 0. The molecule has 0 atom stereocenters. The van der Waals surface area contributed by atoms with E-state index < -0.39 is 0 Å². The van der Waals surface area contributed by atoms with Gasteiger partial charge in [-0.2, -0.15) is 0 Å². The van der Waals surface area contributed by atoms with Gasteiger partial charge in [0.1, 0.15) is 0 Å². The van der Waals surface area contributed by atoms with E-state index in [4.69, 9.17) is 0 Å². The second kappa shape index (κ2) is 11.7. The zero-order chi connectivity index (χ0) is 32.8. The minimum absolute atomic E-state index is 0.0905. The molecule has 7 aromatic carbocycles. The minimum Gasteiger partial charge on any atom is -0.310 e. The summed E-state index contributed by atoms with van der Waals surface area (Å²) >= 11 is 0. The van der Waals surface area contributed by atoms with Gasteiger partial charge in [0.05, 0.1) is 0 Å². The van der Waals surface area contributed by atoms with Crippen molar-refractivity contribution in [3.63, 3.8) is 0 Å². The van der Waals surface area contributed by atoms with Gasteiger partial charge in [-0.1, -0.05) is 148 Å². The highest BCUT2D eigenvalue weighted by Gasteiger charge is 2.35. The molecule has 48 heavy (non-hydrogen) atoms. The molecule has 0 radical (unpaired) electrons. The molecular weight excluding hydrogens is 579 g/mol. The first-order valence-electron chi connectivity index (χ1n) is 16.6. The van der Waals surface area contributed by atoms with Crippen LogP contribution in [0.25, 0.3) is 49.4 Å². The van der Waals surface area contributed by atoms with Gasteiger partial charge >= 0.3 is 0 Å². The third-order valence-electron chi connectivity index (χ3n) is 10.0. The first-order chi connectivity index (χ1) is 23.5. The molecule has 8 rings (SSSR count). The molecule has 0 N–H and O–H groups in total. The van der Waals surface area contributed by atoms with Gasteiger partial charge < -0.3 is 4.90 Å². The third-order valence-corrected chi connectivity index (χ3v) is 10.0. The van der Waals surface area contributed by atoms with Crippen molar-refractivity contribution in [3.8, 4) is 22.3 Å². The number of benzene rings is 7. The monoisotopic (exact) mass is 615 g/mol. The van der Waals surface area contributed by atoms with Crippen LogP contribution >= 0.6 is 0 Å². The molecule has 0 bridgehead atoms. The summed E-state index contributed by atoms with van der Waals surface area (Å²) in [4.78, 5) is 2.37. The molecule has 0 aliphatic heterocycles. The highest BCUT2D eigenvalue weighted by atomic mass is 15.1. The quantitative estimate of drug-likeness (QED) is 0.127. The molecule has 1 aliphatic carbocycles. The van der Waals surface area contributed by atoms with E-state index in [1.54, 1.807) is 0 Å². The van der Waals surface area contributed by atoms with Gasteiger partial charge in [0.25, 0.3) is 0 Å². The summed E-state index contributed by atoms with van der Waals surface area (Å²) in [7, 11) is 0. The van der Waals surface area contributed by atoms with Gasteiger partial charge in [-0.25, -0.2) is 0 Å². The zero-order valence-electron chi connectivity index (χ0n) is 27.4. The molecule has 0 saturated heterocycles. The maximum Gasteiger partial charge on any atom is 0.0465 e. The summed E-state index contributed by atoms with van der Waals surface area (Å²) in [6.07, 6.45) is 5.68. The number of nitrogens with zero attached hydrogens (tertiary/aromatic N) is 1. The Balaban J connectivity index is 1.26. The predicted molar refractivity (Wildman–Crippen MR) is 208 cm³/mol. The Bertz CT molecular complexity index is 2390. The van der Waals surface area contributed by atoms with Crippen LogP contribution in [-0.2, 0) is 5.41 Å². The third kappa shape index (κ3) is 4.79. The second-order valence-electron chi connectivity index (χ2n) is 13.1. The maximum atomic E-state index is 4.01. The molecule has 0 spiro atoms. The standard InChI is InChI=1S/C47H37N/c1-5-13-32(6-2)33-20-24-36(25-21-33)48(38-28-29-43-42-18-11-12-19-45(42)47(3,4)46(43)31-38)37-26-22-34(23-27-37)44-30-35-14-7-8-15-39(35)40-16-9-10-17-41(40)44/h5-31H,1-2H2,3-4H3/b32-13+. The predicted octanol–water partition coefficient (Wildman–Crippen LogP) is 13.2. The lowest BCUT2D eigenvalue weighted by Gasteiger charge is -2.28. The lowest BCUT2D eigenvalue weighted by Crippen LogP contribution is -2.16. The summed E-state index contributed by atoms with van der Waals surface area (Å²) in [5, 5.41) is 5.08. The lowest BCUT2D eigenvalue weighted by atomic mass is 9.82. The molecule has 0 saturated carbocycles. The number of fused-ring (bicyclic) bond motifs is 6. The van der Waals surface area contributed by atoms with E-state index in [1.165, 1.54) is 54.9 Å². The number of hydrogen-bond donors (Lipinski definition) is 0. The van der Waals surface area contributed by atoms with Crippen LogP contribution in [0, 0.1) is 0 Å². The Hall–Kier alpha value is -5.92. The van der Waals surface area contributed by atoms with Gasteiger partial charge in [0, 0.05) is 22.5 Å². The SMILES string of the molecule is C=C/C=C(\C=C)c1ccc(N(c2ccc(-c3cc4ccccc4c4ccccc34)cc2)c2ccc3c(c2)C(C)(C)c2ccccc2-3)cc1. The smallest absolute Gasteiger partial charge is 0.0465 e. The van der Waals surface area contributed by atoms with Crippen molar-refractivity contribution in [2.45, 2.75) is 19.3 Å². The number of hydrogen-bond acceptors (Lipinski definition) is 1. The largest absolute Gasteiger partial charge is 0.310 e. The van der Waals surface area contributed by atoms with Crippen LogP contribution in [0.5, 0.6) is 0 Å². The van der Waals surface area contributed by atoms with Crippen molar-refractivity contribution in [1.29, 1.82) is 0 Å². The summed E-state index contributed by atoms with van der Waals surface area (Å²) in [6, 6.07) is 53.3. The Morgan fingerprint density at radius 1 is 0.542 bits per heavy atom. The number of allylic oxidation sites excluding steroid dienone is 4. The van der Waals surface area contributed by atoms with Crippen LogP contribution in [0.4, 0.5) is 17.1 Å². The van der Waals surface area contributed by atoms with Crippen molar-refractivity contribution in [1.82, 2.24) is 0 Å². The fourth-order valence-corrected chi connectivity index (χ4v) is 7.57. The van der Waals surface area contributed by atoms with Crippen molar-refractivity contribution in [3.05, 3.63) is 194 Å². The fourth-order valence-electron chi connectivity index (χ4n) is 7.57. The van der Waals surface area contributed by atoms with E-state index in [-0.39, 0.29) is 5.41 Å². The Morgan fingerprint density at radius 2 is 1.15 bits per heavy atom. The lowest BCUT2D eigenvalue weighted by molar-refractivity contribution is 0.660. The molecule has 0 unspecified atom stereocenters. The van der Waals surface area contributed by atoms with Crippen LogP contribution in [-0.4, -0.2) is 0 Å². The highest BCUT2D eigenvalue weighted by Crippen LogP contribution is 2.50. The maximum absolute atomic E-state index is 4.01. The van der Waals surface area contributed by atoms with Crippen LogP contribution in [0.1, 0.15) is 30.5 Å². The van der Waals surface area contributed by atoms with Gasteiger partial charge in [0.2, 0.25) is 0 Å². The highest BCUT2D eigenvalue weighted by molar-refractivity contribution is 6.13. The van der Waals surface area contributed by atoms with Gasteiger partial charge in [0.15, 0.2) is 0 Å². The van der Waals surface area contributed by atoms with Crippen LogP contribution < -0.4 is 4.90 Å². The molecule has 1 heteroatoms. The average molecular weight is 616 g/mol. The summed E-state index contributed by atoms with van der Waals surface area (Å²) < 4.78 is 0. The van der Waals surface area contributed by atoms with Gasteiger partial charge in [-0.3, -0.25) is 0 Å². The molecule has 1 aliphatic rings. The van der Waals surface area contributed by atoms with Crippen molar-refractivity contribution in [2.75, 3.05) is 4.90 Å². The second-order valence-corrected chi connectivity index (χ2v) is 13.1. The van der Waals surface area contributed by atoms with Crippen LogP contribution in [0.3, 0.4) is 0 Å². The summed E-state index contributed by atoms with van der Waals surface area (Å²) in [5.41, 5.74) is 13.2. The molecule has 0 heterocycles. The van der Waals surface area contributed by atoms with E-state index in [1.807, 2.05) is 18.2 Å². The number of anilines is 3. The molecule has 0 aromatic heterocycles. The molecule has 0 fully saturated rings. The van der Waals surface area contributed by atoms with Gasteiger partial charge in [-0.15, -0.1) is 0 Å². The molecular formula is C47H37N.